The minimum Gasteiger partial charge on any atom is -0.324 e. The van der Waals surface area contributed by atoms with Crippen LogP contribution in [0.2, 0.25) is 0 Å². The van der Waals surface area contributed by atoms with Crippen LogP contribution in [0.25, 0.3) is 0 Å². The summed E-state index contributed by atoms with van der Waals surface area (Å²) in [6, 6.07) is 3.95. The number of amides is 1. The number of fused-ring (bicyclic) bond motifs is 1. The molecule has 3 heteroatoms. The van der Waals surface area contributed by atoms with Gasteiger partial charge in [-0.05, 0) is 37.9 Å². The van der Waals surface area contributed by atoms with Gasteiger partial charge in [0.1, 0.15) is 6.04 Å². The van der Waals surface area contributed by atoms with E-state index >= 15 is 0 Å². The van der Waals surface area contributed by atoms with Crippen molar-refractivity contribution >= 4 is 11.6 Å². The molecule has 16 heavy (non-hydrogen) atoms. The average Bonchev–Trinajstić information content (AvgIpc) is 2.58. The molecular formula is C13H18N2O. The van der Waals surface area contributed by atoms with E-state index in [9.17, 15) is 4.79 Å². The van der Waals surface area contributed by atoms with Crippen molar-refractivity contribution in [1.82, 2.24) is 5.32 Å². The molecule has 3 nitrogen and oxygen atoms in total. The van der Waals surface area contributed by atoms with Gasteiger partial charge in [0.15, 0.2) is 0 Å². The minimum atomic E-state index is -0.172. The Morgan fingerprint density at radius 2 is 2.12 bits per heavy atom. The van der Waals surface area contributed by atoms with Gasteiger partial charge in [0, 0.05) is 11.3 Å². The molecule has 0 fully saturated rings. The summed E-state index contributed by atoms with van der Waals surface area (Å²) in [5, 5.41) is 6.24. The lowest BCUT2D eigenvalue weighted by Crippen LogP contribution is -2.27. The third-order valence-corrected chi connectivity index (χ3v) is 3.19. The summed E-state index contributed by atoms with van der Waals surface area (Å²) in [6.45, 7) is 7.08. The highest BCUT2D eigenvalue weighted by Gasteiger charge is 2.30. The lowest BCUT2D eigenvalue weighted by atomic mass is 10.0. The molecule has 0 bridgehead atoms. The van der Waals surface area contributed by atoms with E-state index < -0.39 is 0 Å². The third kappa shape index (κ3) is 1.71. The topological polar surface area (TPSA) is 41.1 Å². The first-order valence-electron chi connectivity index (χ1n) is 5.79. The lowest BCUT2D eigenvalue weighted by molar-refractivity contribution is -0.117. The Labute approximate surface area is 96.2 Å². The maximum atomic E-state index is 11.8. The molecule has 1 aromatic rings. The quantitative estimate of drug-likeness (QED) is 0.817. The predicted molar refractivity (Wildman–Crippen MR) is 65.6 cm³/mol. The summed E-state index contributed by atoms with van der Waals surface area (Å²) in [7, 11) is 0. The lowest BCUT2D eigenvalue weighted by Gasteiger charge is -2.11. The van der Waals surface area contributed by atoms with Crippen molar-refractivity contribution < 1.29 is 4.79 Å². The molecule has 1 atom stereocenters. The summed E-state index contributed by atoms with van der Waals surface area (Å²) in [5.74, 6) is 0.0668. The van der Waals surface area contributed by atoms with E-state index in [1.54, 1.807) is 0 Å². The Hall–Kier alpha value is -1.35. The van der Waals surface area contributed by atoms with Gasteiger partial charge in [-0.15, -0.1) is 0 Å². The Kier molecular flexibility index (Phi) is 2.97. The molecule has 1 aromatic carbocycles. The molecule has 1 heterocycles. The second-order valence-corrected chi connectivity index (χ2v) is 4.35. The van der Waals surface area contributed by atoms with Gasteiger partial charge in [0.25, 0.3) is 0 Å². The fourth-order valence-electron chi connectivity index (χ4n) is 2.07. The Morgan fingerprint density at radius 3 is 2.81 bits per heavy atom. The van der Waals surface area contributed by atoms with Gasteiger partial charge in [-0.2, -0.15) is 0 Å². The zero-order chi connectivity index (χ0) is 11.7. The van der Waals surface area contributed by atoms with E-state index in [0.29, 0.717) is 0 Å². The standard InChI is InChI=1S/C13H18N2O/c1-4-7-14-12-10-6-5-8(2)9(3)11(10)15-13(12)16/h5-6,12,14H,4,7H2,1-3H3,(H,15,16). The zero-order valence-electron chi connectivity index (χ0n) is 10.1. The SMILES string of the molecule is CCCNC1C(=O)Nc2c1ccc(C)c2C. The Balaban J connectivity index is 2.35. The molecule has 0 spiro atoms. The number of aryl methyl sites for hydroxylation is 1. The number of anilines is 1. The van der Waals surface area contributed by atoms with Crippen molar-refractivity contribution in [2.75, 3.05) is 11.9 Å². The summed E-state index contributed by atoms with van der Waals surface area (Å²) in [5.41, 5.74) is 4.47. The number of rotatable bonds is 3. The van der Waals surface area contributed by atoms with Gasteiger partial charge >= 0.3 is 0 Å². The van der Waals surface area contributed by atoms with Crippen LogP contribution in [0.5, 0.6) is 0 Å². The van der Waals surface area contributed by atoms with Gasteiger partial charge in [-0.25, -0.2) is 0 Å². The average molecular weight is 218 g/mol. The highest BCUT2D eigenvalue weighted by Crippen LogP contribution is 2.34. The van der Waals surface area contributed by atoms with Crippen LogP contribution in [0.3, 0.4) is 0 Å². The molecule has 1 aliphatic heterocycles. The van der Waals surface area contributed by atoms with Gasteiger partial charge in [0.05, 0.1) is 0 Å². The normalized spacial score (nSPS) is 18.4. The number of benzene rings is 1. The number of nitrogens with one attached hydrogen (secondary N) is 2. The van der Waals surface area contributed by atoms with Crippen molar-refractivity contribution in [2.45, 2.75) is 33.2 Å². The van der Waals surface area contributed by atoms with Crippen LogP contribution < -0.4 is 10.6 Å². The number of hydrogen-bond donors (Lipinski definition) is 2. The second-order valence-electron chi connectivity index (χ2n) is 4.35. The van der Waals surface area contributed by atoms with E-state index in [4.69, 9.17) is 0 Å². The predicted octanol–water partition coefficient (Wildman–Crippen LogP) is 2.30. The summed E-state index contributed by atoms with van der Waals surface area (Å²) in [6.07, 6.45) is 1.03. The van der Waals surface area contributed by atoms with Crippen molar-refractivity contribution in [3.05, 3.63) is 28.8 Å². The van der Waals surface area contributed by atoms with Gasteiger partial charge in [-0.1, -0.05) is 19.1 Å². The second kappa shape index (κ2) is 4.26. The van der Waals surface area contributed by atoms with Crippen LogP contribution in [0, 0.1) is 13.8 Å². The first kappa shape index (κ1) is 11.1. The van der Waals surface area contributed by atoms with Gasteiger partial charge in [0.2, 0.25) is 5.91 Å². The fourth-order valence-corrected chi connectivity index (χ4v) is 2.07. The van der Waals surface area contributed by atoms with Crippen LogP contribution in [-0.2, 0) is 4.79 Å². The molecule has 0 saturated heterocycles. The highest BCUT2D eigenvalue weighted by molar-refractivity contribution is 6.03. The van der Waals surface area contributed by atoms with Crippen molar-refractivity contribution in [1.29, 1.82) is 0 Å². The smallest absolute Gasteiger partial charge is 0.246 e. The van der Waals surface area contributed by atoms with E-state index in [1.807, 2.05) is 6.07 Å². The van der Waals surface area contributed by atoms with Crippen LogP contribution in [0.1, 0.15) is 36.1 Å². The number of carbonyl (C=O) groups excluding carboxylic acids is 1. The van der Waals surface area contributed by atoms with Crippen molar-refractivity contribution in [3.8, 4) is 0 Å². The molecule has 0 saturated carbocycles. The molecule has 1 unspecified atom stereocenters. The van der Waals surface area contributed by atoms with Crippen molar-refractivity contribution in [3.63, 3.8) is 0 Å². The molecule has 0 radical (unpaired) electrons. The third-order valence-electron chi connectivity index (χ3n) is 3.19. The zero-order valence-corrected chi connectivity index (χ0v) is 10.1. The van der Waals surface area contributed by atoms with Crippen LogP contribution in [0.4, 0.5) is 5.69 Å². The molecule has 1 amide bonds. The van der Waals surface area contributed by atoms with E-state index in [0.717, 1.165) is 24.2 Å². The number of carbonyl (C=O) groups is 1. The first-order valence-corrected chi connectivity index (χ1v) is 5.79. The Bertz CT molecular complexity index is 426. The molecule has 2 rings (SSSR count). The summed E-state index contributed by atoms with van der Waals surface area (Å²) in [4.78, 5) is 11.8. The highest BCUT2D eigenvalue weighted by atomic mass is 16.2. The molecule has 0 aliphatic carbocycles. The fraction of sp³-hybridized carbons (Fsp3) is 0.462. The molecular weight excluding hydrogens is 200 g/mol. The number of hydrogen-bond acceptors (Lipinski definition) is 2. The van der Waals surface area contributed by atoms with E-state index in [1.165, 1.54) is 11.1 Å². The monoisotopic (exact) mass is 218 g/mol. The van der Waals surface area contributed by atoms with Crippen LogP contribution in [-0.4, -0.2) is 12.5 Å². The van der Waals surface area contributed by atoms with Gasteiger partial charge < -0.3 is 10.6 Å². The van der Waals surface area contributed by atoms with Crippen molar-refractivity contribution in [2.24, 2.45) is 0 Å². The maximum absolute atomic E-state index is 11.8. The van der Waals surface area contributed by atoms with E-state index in [2.05, 4.69) is 37.5 Å². The van der Waals surface area contributed by atoms with Crippen LogP contribution >= 0.6 is 0 Å². The molecule has 2 N–H and O–H groups in total. The Morgan fingerprint density at radius 1 is 1.38 bits per heavy atom. The molecule has 0 aromatic heterocycles. The molecule has 1 aliphatic rings. The molecule has 86 valence electrons. The summed E-state index contributed by atoms with van der Waals surface area (Å²) >= 11 is 0. The van der Waals surface area contributed by atoms with Crippen LogP contribution in [0.15, 0.2) is 12.1 Å². The van der Waals surface area contributed by atoms with Gasteiger partial charge in [-0.3, -0.25) is 4.79 Å². The maximum Gasteiger partial charge on any atom is 0.246 e. The summed E-state index contributed by atoms with van der Waals surface area (Å²) < 4.78 is 0. The first-order chi connectivity index (χ1) is 7.65. The minimum absolute atomic E-state index is 0.0668. The largest absolute Gasteiger partial charge is 0.324 e. The van der Waals surface area contributed by atoms with E-state index in [-0.39, 0.29) is 11.9 Å².